The van der Waals surface area contributed by atoms with Crippen LogP contribution in [0.4, 0.5) is 0 Å². The van der Waals surface area contributed by atoms with Gasteiger partial charge in [-0.05, 0) is 53.7 Å². The van der Waals surface area contributed by atoms with Gasteiger partial charge in [0.1, 0.15) is 4.60 Å². The summed E-state index contributed by atoms with van der Waals surface area (Å²) in [6.07, 6.45) is 4.86. The SMILES string of the molecule is CSC[C@@H]1CCCN1Cc1cccc(Br)n1. The number of nitrogens with zero attached hydrogens (tertiary/aromatic N) is 2. The van der Waals surface area contributed by atoms with Crippen LogP contribution in [0.5, 0.6) is 0 Å². The number of likely N-dealkylation sites (tertiary alicyclic amines) is 1. The summed E-state index contributed by atoms with van der Waals surface area (Å²) in [5.41, 5.74) is 1.17. The number of rotatable bonds is 4. The Bertz CT molecular complexity index is 346. The summed E-state index contributed by atoms with van der Waals surface area (Å²) in [7, 11) is 0. The van der Waals surface area contributed by atoms with Crippen molar-refractivity contribution in [3.05, 3.63) is 28.5 Å². The Kier molecular flexibility index (Phi) is 4.67. The summed E-state index contributed by atoms with van der Waals surface area (Å²) in [5, 5.41) is 0. The van der Waals surface area contributed by atoms with Gasteiger partial charge in [-0.1, -0.05) is 6.07 Å². The first-order valence-corrected chi connectivity index (χ1v) is 7.82. The third-order valence-corrected chi connectivity index (χ3v) is 4.16. The molecule has 1 atom stereocenters. The van der Waals surface area contributed by atoms with E-state index in [1.54, 1.807) is 0 Å². The average Bonchev–Trinajstić information content (AvgIpc) is 2.66. The normalized spacial score (nSPS) is 21.5. The Morgan fingerprint density at radius 2 is 2.44 bits per heavy atom. The topological polar surface area (TPSA) is 16.1 Å². The molecule has 0 unspecified atom stereocenters. The van der Waals surface area contributed by atoms with Gasteiger partial charge in [0.05, 0.1) is 5.69 Å². The smallest absolute Gasteiger partial charge is 0.106 e. The molecule has 4 heteroatoms. The molecule has 1 fully saturated rings. The van der Waals surface area contributed by atoms with Crippen molar-refractivity contribution >= 4 is 27.7 Å². The zero-order valence-electron chi connectivity index (χ0n) is 9.53. The molecule has 16 heavy (non-hydrogen) atoms. The maximum Gasteiger partial charge on any atom is 0.106 e. The molecule has 0 radical (unpaired) electrons. The van der Waals surface area contributed by atoms with Crippen LogP contribution in [-0.2, 0) is 6.54 Å². The quantitative estimate of drug-likeness (QED) is 0.795. The molecule has 0 aliphatic carbocycles. The highest BCUT2D eigenvalue weighted by Crippen LogP contribution is 2.22. The van der Waals surface area contributed by atoms with Gasteiger partial charge in [-0.3, -0.25) is 4.90 Å². The van der Waals surface area contributed by atoms with E-state index in [4.69, 9.17) is 0 Å². The molecule has 1 saturated heterocycles. The number of halogens is 1. The summed E-state index contributed by atoms with van der Waals surface area (Å²) in [6, 6.07) is 6.90. The molecule has 2 nitrogen and oxygen atoms in total. The van der Waals surface area contributed by atoms with E-state index in [0.717, 1.165) is 17.2 Å². The predicted octanol–water partition coefficient (Wildman–Crippen LogP) is 3.17. The lowest BCUT2D eigenvalue weighted by Gasteiger charge is -2.23. The molecular weight excluding hydrogens is 284 g/mol. The molecular formula is C12H17BrN2S. The number of hydrogen-bond acceptors (Lipinski definition) is 3. The second-order valence-electron chi connectivity index (χ2n) is 4.17. The summed E-state index contributed by atoms with van der Waals surface area (Å²) in [6.45, 7) is 2.21. The average molecular weight is 301 g/mol. The summed E-state index contributed by atoms with van der Waals surface area (Å²) < 4.78 is 0.936. The van der Waals surface area contributed by atoms with Gasteiger partial charge in [0.2, 0.25) is 0 Å². The van der Waals surface area contributed by atoms with E-state index < -0.39 is 0 Å². The minimum absolute atomic E-state index is 0.746. The van der Waals surface area contributed by atoms with E-state index in [0.29, 0.717) is 0 Å². The second-order valence-corrected chi connectivity index (χ2v) is 5.90. The highest BCUT2D eigenvalue weighted by Gasteiger charge is 2.23. The minimum Gasteiger partial charge on any atom is -0.294 e. The van der Waals surface area contributed by atoms with Crippen molar-refractivity contribution in [3.63, 3.8) is 0 Å². The molecule has 0 bridgehead atoms. The van der Waals surface area contributed by atoms with Gasteiger partial charge >= 0.3 is 0 Å². The Labute approximate surface area is 110 Å². The third kappa shape index (κ3) is 3.22. The van der Waals surface area contributed by atoms with Crippen LogP contribution < -0.4 is 0 Å². The van der Waals surface area contributed by atoms with E-state index in [1.807, 2.05) is 17.8 Å². The first kappa shape index (κ1) is 12.4. The monoisotopic (exact) mass is 300 g/mol. The van der Waals surface area contributed by atoms with Crippen LogP contribution >= 0.6 is 27.7 Å². The molecule has 0 aromatic carbocycles. The molecule has 1 aliphatic rings. The fourth-order valence-corrected chi connectivity index (χ4v) is 3.37. The molecule has 2 rings (SSSR count). The lowest BCUT2D eigenvalue weighted by Crippen LogP contribution is -2.31. The first-order valence-electron chi connectivity index (χ1n) is 5.64. The second kappa shape index (κ2) is 6.03. The molecule has 0 amide bonds. The zero-order valence-corrected chi connectivity index (χ0v) is 11.9. The summed E-state index contributed by atoms with van der Waals surface area (Å²) >= 11 is 5.37. The number of thioether (sulfide) groups is 1. The van der Waals surface area contributed by atoms with Gasteiger partial charge in [-0.2, -0.15) is 11.8 Å². The van der Waals surface area contributed by atoms with Crippen LogP contribution in [0, 0.1) is 0 Å². The van der Waals surface area contributed by atoms with Crippen molar-refractivity contribution in [2.24, 2.45) is 0 Å². The van der Waals surface area contributed by atoms with Gasteiger partial charge in [-0.25, -0.2) is 4.98 Å². The highest BCUT2D eigenvalue weighted by atomic mass is 79.9. The van der Waals surface area contributed by atoms with E-state index in [2.05, 4.69) is 44.2 Å². The lowest BCUT2D eigenvalue weighted by atomic mass is 10.2. The summed E-state index contributed by atoms with van der Waals surface area (Å²) in [4.78, 5) is 7.06. The van der Waals surface area contributed by atoms with Gasteiger partial charge < -0.3 is 0 Å². The van der Waals surface area contributed by atoms with Crippen molar-refractivity contribution in [1.29, 1.82) is 0 Å². The predicted molar refractivity (Wildman–Crippen MR) is 73.8 cm³/mol. The van der Waals surface area contributed by atoms with E-state index >= 15 is 0 Å². The van der Waals surface area contributed by atoms with Gasteiger partial charge in [-0.15, -0.1) is 0 Å². The standard InChI is InChI=1S/C12H17BrN2S/c1-16-9-11-5-3-7-15(11)8-10-4-2-6-12(13)14-10/h2,4,6,11H,3,5,7-9H2,1H3/t11-/m0/s1. The van der Waals surface area contributed by atoms with Crippen molar-refractivity contribution in [2.45, 2.75) is 25.4 Å². The van der Waals surface area contributed by atoms with Crippen LogP contribution in [-0.4, -0.2) is 34.5 Å². The molecule has 2 heterocycles. The Morgan fingerprint density at radius 3 is 3.19 bits per heavy atom. The molecule has 0 saturated carbocycles. The maximum absolute atomic E-state index is 4.50. The lowest BCUT2D eigenvalue weighted by molar-refractivity contribution is 0.261. The zero-order chi connectivity index (χ0) is 11.4. The first-order chi connectivity index (χ1) is 7.79. The fourth-order valence-electron chi connectivity index (χ4n) is 2.23. The Morgan fingerprint density at radius 1 is 1.56 bits per heavy atom. The molecule has 0 spiro atoms. The van der Waals surface area contributed by atoms with Crippen LogP contribution in [0.15, 0.2) is 22.8 Å². The number of pyridine rings is 1. The maximum atomic E-state index is 4.50. The highest BCUT2D eigenvalue weighted by molar-refractivity contribution is 9.10. The van der Waals surface area contributed by atoms with E-state index in [1.165, 1.54) is 30.8 Å². The Balaban J connectivity index is 1.98. The van der Waals surface area contributed by atoms with Crippen LogP contribution in [0.2, 0.25) is 0 Å². The van der Waals surface area contributed by atoms with Crippen molar-refractivity contribution < 1.29 is 0 Å². The van der Waals surface area contributed by atoms with Crippen LogP contribution in [0.25, 0.3) is 0 Å². The van der Waals surface area contributed by atoms with Crippen molar-refractivity contribution in [3.8, 4) is 0 Å². The van der Waals surface area contributed by atoms with Crippen LogP contribution in [0.3, 0.4) is 0 Å². The minimum atomic E-state index is 0.746. The van der Waals surface area contributed by atoms with Gasteiger partial charge in [0.15, 0.2) is 0 Å². The largest absolute Gasteiger partial charge is 0.294 e. The molecule has 1 aromatic heterocycles. The number of hydrogen-bond donors (Lipinski definition) is 0. The third-order valence-electron chi connectivity index (χ3n) is 3.00. The summed E-state index contributed by atoms with van der Waals surface area (Å²) in [5.74, 6) is 1.24. The number of aromatic nitrogens is 1. The van der Waals surface area contributed by atoms with Crippen molar-refractivity contribution in [1.82, 2.24) is 9.88 Å². The van der Waals surface area contributed by atoms with E-state index in [9.17, 15) is 0 Å². The van der Waals surface area contributed by atoms with Gasteiger partial charge in [0.25, 0.3) is 0 Å². The van der Waals surface area contributed by atoms with Crippen LogP contribution in [0.1, 0.15) is 18.5 Å². The molecule has 88 valence electrons. The fraction of sp³-hybridized carbons (Fsp3) is 0.583. The van der Waals surface area contributed by atoms with Crippen molar-refractivity contribution in [2.75, 3.05) is 18.6 Å². The molecule has 1 aliphatic heterocycles. The molecule has 0 N–H and O–H groups in total. The van der Waals surface area contributed by atoms with Gasteiger partial charge in [0, 0.05) is 18.3 Å². The van der Waals surface area contributed by atoms with E-state index in [-0.39, 0.29) is 0 Å². The molecule has 1 aromatic rings. The Hall–Kier alpha value is -0.0600.